The molecule has 1 aromatic carbocycles. The molecule has 0 unspecified atom stereocenters. The Morgan fingerprint density at radius 3 is 2.71 bits per heavy atom. The maximum atomic E-state index is 12.8. The largest absolute Gasteiger partial charge is 0.416 e. The highest BCUT2D eigenvalue weighted by molar-refractivity contribution is 7.99. The number of amides is 1. The average molecular weight is 415 g/mol. The molecule has 1 aromatic heterocycles. The Hall–Kier alpha value is -2.27. The van der Waals surface area contributed by atoms with Crippen LogP contribution in [-0.2, 0) is 22.3 Å². The minimum atomic E-state index is -4.46. The number of ether oxygens (including phenoxy) is 1. The first-order valence-electron chi connectivity index (χ1n) is 8.74. The Kier molecular flexibility index (Phi) is 6.45. The lowest BCUT2D eigenvalue weighted by Crippen LogP contribution is -2.38. The lowest BCUT2D eigenvalue weighted by atomic mass is 10.2. The molecule has 0 bridgehead atoms. The van der Waals surface area contributed by atoms with Crippen LogP contribution in [0, 0.1) is 0 Å². The van der Waals surface area contributed by atoms with Crippen LogP contribution < -0.4 is 10.2 Å². The van der Waals surface area contributed by atoms with Gasteiger partial charge in [-0.1, -0.05) is 17.8 Å². The normalized spacial score (nSPS) is 14.9. The van der Waals surface area contributed by atoms with Crippen LogP contribution in [0.15, 0.2) is 29.4 Å². The summed E-state index contributed by atoms with van der Waals surface area (Å²) in [5.74, 6) is 0.326. The minimum absolute atomic E-state index is 0.0114. The topological polar surface area (TPSA) is 72.3 Å². The molecule has 1 N–H and O–H groups in total. The van der Waals surface area contributed by atoms with Crippen LogP contribution in [0.2, 0.25) is 0 Å². The van der Waals surface area contributed by atoms with Crippen molar-refractivity contribution in [3.8, 4) is 0 Å². The maximum absolute atomic E-state index is 12.8. The van der Waals surface area contributed by atoms with Crippen molar-refractivity contribution in [3.05, 3.63) is 29.8 Å². The fraction of sp³-hybridized carbons (Fsp3) is 0.471. The van der Waals surface area contributed by atoms with Gasteiger partial charge in [-0.25, -0.2) is 0 Å². The highest BCUT2D eigenvalue weighted by Gasteiger charge is 2.30. The van der Waals surface area contributed by atoms with Gasteiger partial charge in [-0.05, 0) is 25.1 Å². The lowest BCUT2D eigenvalue weighted by Gasteiger charge is -2.27. The average Bonchev–Trinajstić information content (AvgIpc) is 3.09. The third-order valence-electron chi connectivity index (χ3n) is 4.11. The highest BCUT2D eigenvalue weighted by Crippen LogP contribution is 2.30. The van der Waals surface area contributed by atoms with Crippen molar-refractivity contribution in [1.82, 2.24) is 14.8 Å². The molecule has 1 fully saturated rings. The molecule has 2 heterocycles. The summed E-state index contributed by atoms with van der Waals surface area (Å²) >= 11 is 1.19. The first-order chi connectivity index (χ1) is 13.4. The van der Waals surface area contributed by atoms with Gasteiger partial charge in [-0.15, -0.1) is 10.2 Å². The van der Waals surface area contributed by atoms with Gasteiger partial charge in [0, 0.05) is 25.3 Å². The number of hydrogen-bond donors (Lipinski definition) is 1. The van der Waals surface area contributed by atoms with Crippen LogP contribution in [0.25, 0.3) is 0 Å². The zero-order chi connectivity index (χ0) is 20.1. The molecule has 1 amide bonds. The number of alkyl halides is 3. The Morgan fingerprint density at radius 2 is 2.04 bits per heavy atom. The molecule has 28 heavy (non-hydrogen) atoms. The summed E-state index contributed by atoms with van der Waals surface area (Å²) in [6.07, 6.45) is -4.46. The fourth-order valence-electron chi connectivity index (χ4n) is 2.76. The zero-order valence-corrected chi connectivity index (χ0v) is 16.0. The molecule has 152 valence electrons. The number of hydrogen-bond acceptors (Lipinski definition) is 6. The van der Waals surface area contributed by atoms with E-state index in [4.69, 9.17) is 4.74 Å². The molecule has 3 rings (SSSR count). The van der Waals surface area contributed by atoms with Crippen LogP contribution in [0.4, 0.5) is 24.8 Å². The third kappa shape index (κ3) is 4.96. The van der Waals surface area contributed by atoms with E-state index in [0.717, 1.165) is 31.2 Å². The van der Waals surface area contributed by atoms with E-state index < -0.39 is 17.6 Å². The van der Waals surface area contributed by atoms with Crippen molar-refractivity contribution >= 4 is 29.3 Å². The van der Waals surface area contributed by atoms with Crippen molar-refractivity contribution in [3.63, 3.8) is 0 Å². The van der Waals surface area contributed by atoms with E-state index in [-0.39, 0.29) is 11.4 Å². The molecule has 7 nitrogen and oxygen atoms in total. The smallest absolute Gasteiger partial charge is 0.378 e. The van der Waals surface area contributed by atoms with E-state index in [1.807, 2.05) is 11.5 Å². The summed E-state index contributed by atoms with van der Waals surface area (Å²) in [5.41, 5.74) is -0.703. The summed E-state index contributed by atoms with van der Waals surface area (Å²) in [6.45, 7) is 5.28. The first kappa shape index (κ1) is 20.5. The van der Waals surface area contributed by atoms with Gasteiger partial charge in [-0.2, -0.15) is 13.2 Å². The molecule has 0 spiro atoms. The Bertz CT molecular complexity index is 821. The summed E-state index contributed by atoms with van der Waals surface area (Å²) in [6, 6.07) is 4.55. The lowest BCUT2D eigenvalue weighted by molar-refractivity contribution is -0.137. The van der Waals surface area contributed by atoms with E-state index in [1.54, 1.807) is 0 Å². The second-order valence-electron chi connectivity index (χ2n) is 6.04. The van der Waals surface area contributed by atoms with Gasteiger partial charge in [0.15, 0.2) is 5.16 Å². The number of nitrogens with zero attached hydrogens (tertiary/aromatic N) is 4. The highest BCUT2D eigenvalue weighted by atomic mass is 32.2. The van der Waals surface area contributed by atoms with E-state index >= 15 is 0 Å². The number of anilines is 2. The number of halogens is 3. The van der Waals surface area contributed by atoms with Gasteiger partial charge in [0.25, 0.3) is 0 Å². The van der Waals surface area contributed by atoms with Crippen LogP contribution in [0.5, 0.6) is 0 Å². The predicted molar refractivity (Wildman–Crippen MR) is 99.5 cm³/mol. The van der Waals surface area contributed by atoms with Gasteiger partial charge >= 0.3 is 6.18 Å². The number of carbonyl (C=O) groups is 1. The number of rotatable bonds is 6. The molecular weight excluding hydrogens is 395 g/mol. The van der Waals surface area contributed by atoms with Crippen molar-refractivity contribution in [2.75, 3.05) is 42.3 Å². The van der Waals surface area contributed by atoms with Crippen molar-refractivity contribution in [2.45, 2.75) is 24.8 Å². The van der Waals surface area contributed by atoms with Crippen molar-refractivity contribution in [1.29, 1.82) is 0 Å². The summed E-state index contributed by atoms with van der Waals surface area (Å²) in [5, 5.41) is 11.4. The second kappa shape index (κ2) is 8.82. The number of morpholine rings is 1. The quantitative estimate of drug-likeness (QED) is 0.732. The molecule has 0 aliphatic carbocycles. The second-order valence-corrected chi connectivity index (χ2v) is 6.98. The number of carbonyl (C=O) groups excluding carboxylic acids is 1. The number of benzene rings is 1. The maximum Gasteiger partial charge on any atom is 0.416 e. The Labute approximate surface area is 164 Å². The van der Waals surface area contributed by atoms with Gasteiger partial charge in [0.2, 0.25) is 11.9 Å². The standard InChI is InChI=1S/C17H20F3N5O2S/c1-2-25-15(24-6-8-27-9-7-24)22-23-16(25)28-11-14(26)21-13-5-3-4-12(10-13)17(18,19)20/h3-5,10H,2,6-9,11H2,1H3,(H,21,26). The zero-order valence-electron chi connectivity index (χ0n) is 15.2. The summed E-state index contributed by atoms with van der Waals surface area (Å²) in [7, 11) is 0. The van der Waals surface area contributed by atoms with Gasteiger partial charge in [-0.3, -0.25) is 9.36 Å². The van der Waals surface area contributed by atoms with Gasteiger partial charge in [0.05, 0.1) is 24.5 Å². The summed E-state index contributed by atoms with van der Waals surface area (Å²) < 4.78 is 45.6. The molecule has 0 radical (unpaired) electrons. The molecule has 0 atom stereocenters. The van der Waals surface area contributed by atoms with Crippen molar-refractivity contribution < 1.29 is 22.7 Å². The Morgan fingerprint density at radius 1 is 1.29 bits per heavy atom. The Balaban J connectivity index is 1.61. The predicted octanol–water partition coefficient (Wildman–Crippen LogP) is 2.88. The molecular formula is C17H20F3N5O2S. The van der Waals surface area contributed by atoms with E-state index in [0.29, 0.717) is 24.9 Å². The van der Waals surface area contributed by atoms with Gasteiger partial charge in [0.1, 0.15) is 0 Å². The van der Waals surface area contributed by atoms with E-state index in [1.165, 1.54) is 23.9 Å². The number of thioether (sulfide) groups is 1. The molecule has 1 saturated heterocycles. The molecule has 2 aromatic rings. The first-order valence-corrected chi connectivity index (χ1v) is 9.73. The van der Waals surface area contributed by atoms with Crippen molar-refractivity contribution in [2.24, 2.45) is 0 Å². The fourth-order valence-corrected chi connectivity index (χ4v) is 3.56. The van der Waals surface area contributed by atoms with Crippen LogP contribution in [0.3, 0.4) is 0 Å². The third-order valence-corrected chi connectivity index (χ3v) is 5.08. The van der Waals surface area contributed by atoms with Crippen LogP contribution in [0.1, 0.15) is 12.5 Å². The van der Waals surface area contributed by atoms with Crippen LogP contribution >= 0.6 is 11.8 Å². The van der Waals surface area contributed by atoms with E-state index in [9.17, 15) is 18.0 Å². The van der Waals surface area contributed by atoms with Crippen LogP contribution in [-0.4, -0.2) is 52.7 Å². The van der Waals surface area contributed by atoms with E-state index in [2.05, 4.69) is 20.4 Å². The summed E-state index contributed by atoms with van der Waals surface area (Å²) in [4.78, 5) is 14.2. The molecule has 11 heteroatoms. The SMILES string of the molecule is CCn1c(SCC(=O)Nc2cccc(C(F)(F)F)c2)nnc1N1CCOCC1. The molecule has 0 saturated carbocycles. The number of nitrogens with one attached hydrogen (secondary N) is 1. The number of aromatic nitrogens is 3. The molecule has 1 aliphatic rings. The monoisotopic (exact) mass is 415 g/mol. The molecule has 1 aliphatic heterocycles. The van der Waals surface area contributed by atoms with Gasteiger partial charge < -0.3 is 15.0 Å². The minimum Gasteiger partial charge on any atom is -0.378 e.